The lowest BCUT2D eigenvalue weighted by molar-refractivity contribution is 0.0932. The molecule has 32 heavy (non-hydrogen) atoms. The summed E-state index contributed by atoms with van der Waals surface area (Å²) in [5.74, 6) is 0.0856. The molecule has 9 heteroatoms. The molecule has 0 saturated carbocycles. The summed E-state index contributed by atoms with van der Waals surface area (Å²) in [5, 5.41) is 10.5. The molecule has 3 aromatic heterocycles. The molecule has 1 atom stereocenters. The summed E-state index contributed by atoms with van der Waals surface area (Å²) < 4.78 is 21.4. The highest BCUT2D eigenvalue weighted by Crippen LogP contribution is 2.29. The van der Waals surface area contributed by atoms with Crippen LogP contribution in [0.25, 0.3) is 16.8 Å². The molecule has 1 unspecified atom stereocenters. The van der Waals surface area contributed by atoms with E-state index in [4.69, 9.17) is 9.72 Å². The van der Waals surface area contributed by atoms with Crippen LogP contribution in [-0.4, -0.2) is 38.1 Å². The number of amides is 1. The van der Waals surface area contributed by atoms with Crippen molar-refractivity contribution in [3.05, 3.63) is 71.4 Å². The first kappa shape index (κ1) is 19.9. The Kier molecular flexibility index (Phi) is 4.93. The fourth-order valence-electron chi connectivity index (χ4n) is 3.59. The number of nitrogens with zero attached hydrogens (tertiary/aromatic N) is 4. The van der Waals surface area contributed by atoms with Gasteiger partial charge in [-0.25, -0.2) is 18.9 Å². The van der Waals surface area contributed by atoms with E-state index >= 15 is 0 Å². The van der Waals surface area contributed by atoms with E-state index in [2.05, 4.69) is 20.7 Å². The lowest BCUT2D eigenvalue weighted by Crippen LogP contribution is -2.33. The lowest BCUT2D eigenvalue weighted by atomic mass is 10.1. The molecule has 1 aliphatic rings. The number of halogens is 1. The van der Waals surface area contributed by atoms with Crippen LogP contribution in [0.3, 0.4) is 0 Å². The summed E-state index contributed by atoms with van der Waals surface area (Å²) in [6.07, 6.45) is 4.07. The quantitative estimate of drug-likeness (QED) is 0.479. The molecular formula is C23H21FN6O2. The Morgan fingerprint density at radius 1 is 1.16 bits per heavy atom. The monoisotopic (exact) mass is 432 g/mol. The second kappa shape index (κ2) is 7.92. The van der Waals surface area contributed by atoms with E-state index in [1.54, 1.807) is 4.52 Å². The molecule has 2 bridgehead atoms. The minimum absolute atomic E-state index is 0.236. The first-order valence-corrected chi connectivity index (χ1v) is 10.3. The minimum atomic E-state index is -0.459. The first-order chi connectivity index (χ1) is 15.5. The van der Waals surface area contributed by atoms with Gasteiger partial charge in [0.1, 0.15) is 23.3 Å². The number of carbonyl (C=O) groups excluding carboxylic acids is 1. The van der Waals surface area contributed by atoms with Gasteiger partial charge in [-0.15, -0.1) is 0 Å². The van der Waals surface area contributed by atoms with Gasteiger partial charge in [0.25, 0.3) is 5.91 Å². The molecule has 0 spiro atoms. The Bertz CT molecular complexity index is 1320. The van der Waals surface area contributed by atoms with Crippen molar-refractivity contribution in [2.24, 2.45) is 0 Å². The highest BCUT2D eigenvalue weighted by molar-refractivity contribution is 6.00. The number of ether oxygens (including phenoxy) is 1. The molecule has 162 valence electrons. The van der Waals surface area contributed by atoms with Crippen LogP contribution in [0.4, 0.5) is 10.2 Å². The average Bonchev–Trinajstić information content (AvgIpc) is 3.20. The Balaban J connectivity index is 1.66. The molecule has 0 aliphatic carbocycles. The zero-order valence-corrected chi connectivity index (χ0v) is 17.6. The van der Waals surface area contributed by atoms with Crippen LogP contribution in [0.2, 0.25) is 0 Å². The van der Waals surface area contributed by atoms with E-state index in [1.807, 2.05) is 44.3 Å². The minimum Gasteiger partial charge on any atom is -0.473 e. The number of benzene rings is 1. The van der Waals surface area contributed by atoms with E-state index in [-0.39, 0.29) is 25.1 Å². The predicted molar refractivity (Wildman–Crippen MR) is 117 cm³/mol. The molecule has 4 heterocycles. The van der Waals surface area contributed by atoms with E-state index in [0.717, 1.165) is 22.9 Å². The van der Waals surface area contributed by atoms with Crippen molar-refractivity contribution in [2.45, 2.75) is 26.5 Å². The third kappa shape index (κ3) is 3.73. The number of anilines is 1. The Labute approximate surface area is 183 Å². The lowest BCUT2D eigenvalue weighted by Gasteiger charge is -2.17. The van der Waals surface area contributed by atoms with E-state index in [0.29, 0.717) is 28.5 Å². The van der Waals surface area contributed by atoms with Crippen molar-refractivity contribution < 1.29 is 13.9 Å². The molecule has 5 rings (SSSR count). The Hall–Kier alpha value is -4.01. The van der Waals surface area contributed by atoms with Crippen molar-refractivity contribution >= 4 is 17.4 Å². The maximum atomic E-state index is 13.9. The number of aromatic nitrogens is 4. The molecule has 1 amide bonds. The van der Waals surface area contributed by atoms with Gasteiger partial charge >= 0.3 is 0 Å². The molecule has 0 fully saturated rings. The molecule has 4 aromatic rings. The molecule has 1 aliphatic heterocycles. The number of aryl methyl sites for hydroxylation is 1. The van der Waals surface area contributed by atoms with Crippen molar-refractivity contribution in [2.75, 3.05) is 11.9 Å². The van der Waals surface area contributed by atoms with Gasteiger partial charge < -0.3 is 15.4 Å². The van der Waals surface area contributed by atoms with Crippen LogP contribution in [0.5, 0.6) is 5.88 Å². The fraction of sp³-hybridized carbons (Fsp3) is 0.217. The normalized spacial score (nSPS) is 16.2. The molecule has 0 radical (unpaired) electrons. The number of hydrogen-bond acceptors (Lipinski definition) is 6. The fourth-order valence-corrected chi connectivity index (χ4v) is 3.59. The number of nitrogens with one attached hydrogen (secondary N) is 2. The molecule has 8 nitrogen and oxygen atoms in total. The van der Waals surface area contributed by atoms with Crippen LogP contribution < -0.4 is 15.4 Å². The van der Waals surface area contributed by atoms with Crippen LogP contribution in [-0.2, 0) is 6.54 Å². The molecule has 2 N–H and O–H groups in total. The summed E-state index contributed by atoms with van der Waals surface area (Å²) in [6.45, 7) is 4.31. The van der Waals surface area contributed by atoms with E-state index in [1.165, 1.54) is 12.3 Å². The van der Waals surface area contributed by atoms with Gasteiger partial charge in [0.15, 0.2) is 5.65 Å². The largest absolute Gasteiger partial charge is 0.473 e. The maximum Gasteiger partial charge on any atom is 0.256 e. The predicted octanol–water partition coefficient (Wildman–Crippen LogP) is 3.36. The number of carbonyl (C=O) groups is 1. The summed E-state index contributed by atoms with van der Waals surface area (Å²) >= 11 is 0. The maximum absolute atomic E-state index is 13.9. The number of rotatable bonds is 1. The summed E-state index contributed by atoms with van der Waals surface area (Å²) in [5.41, 5.74) is 4.19. The molecular weight excluding hydrogens is 411 g/mol. The smallest absolute Gasteiger partial charge is 0.256 e. The van der Waals surface area contributed by atoms with Gasteiger partial charge in [-0.05, 0) is 25.5 Å². The third-order valence-corrected chi connectivity index (χ3v) is 5.30. The van der Waals surface area contributed by atoms with Gasteiger partial charge in [0, 0.05) is 23.9 Å². The van der Waals surface area contributed by atoms with Gasteiger partial charge in [-0.1, -0.05) is 29.8 Å². The topological polar surface area (TPSA) is 93.4 Å². The number of pyridine rings is 1. The van der Waals surface area contributed by atoms with Crippen LogP contribution >= 0.6 is 0 Å². The van der Waals surface area contributed by atoms with Gasteiger partial charge in [-0.3, -0.25) is 4.79 Å². The number of hydrogen-bond donors (Lipinski definition) is 2. The molecule has 1 aromatic carbocycles. The summed E-state index contributed by atoms with van der Waals surface area (Å²) in [6, 6.07) is 9.40. The second-order valence-electron chi connectivity index (χ2n) is 7.81. The summed E-state index contributed by atoms with van der Waals surface area (Å²) in [7, 11) is 0. The number of fused-ring (bicyclic) bond motifs is 2. The zero-order chi connectivity index (χ0) is 22.2. The first-order valence-electron chi connectivity index (χ1n) is 10.3. The van der Waals surface area contributed by atoms with Gasteiger partial charge in [0.05, 0.1) is 18.9 Å². The van der Waals surface area contributed by atoms with Crippen molar-refractivity contribution in [1.29, 1.82) is 0 Å². The van der Waals surface area contributed by atoms with Gasteiger partial charge in [-0.2, -0.15) is 5.10 Å². The molecule has 0 saturated heterocycles. The highest BCUT2D eigenvalue weighted by atomic mass is 19.1. The van der Waals surface area contributed by atoms with Crippen LogP contribution in [0, 0.1) is 12.7 Å². The highest BCUT2D eigenvalue weighted by Gasteiger charge is 2.20. The Morgan fingerprint density at radius 3 is 2.78 bits per heavy atom. The van der Waals surface area contributed by atoms with Crippen molar-refractivity contribution in [3.63, 3.8) is 0 Å². The van der Waals surface area contributed by atoms with Crippen molar-refractivity contribution in [3.8, 4) is 17.0 Å². The Morgan fingerprint density at radius 2 is 1.97 bits per heavy atom. The van der Waals surface area contributed by atoms with Gasteiger partial charge in [0.2, 0.25) is 5.88 Å². The van der Waals surface area contributed by atoms with E-state index in [9.17, 15) is 9.18 Å². The van der Waals surface area contributed by atoms with E-state index < -0.39 is 5.82 Å². The van der Waals surface area contributed by atoms with Crippen molar-refractivity contribution in [1.82, 2.24) is 24.9 Å². The summed E-state index contributed by atoms with van der Waals surface area (Å²) in [4.78, 5) is 21.6. The second-order valence-corrected chi connectivity index (χ2v) is 7.81. The SMILES string of the molecule is Cc1ccc(-c2cn3ncc4c3nc2NCc2cc(F)cnc2OC(C)CNC4=O)cc1. The van der Waals surface area contributed by atoms with Crippen LogP contribution in [0.1, 0.15) is 28.4 Å². The average molecular weight is 432 g/mol. The zero-order valence-electron chi connectivity index (χ0n) is 17.6. The standard InChI is InChI=1S/C23H21FN6O2/c1-13-3-5-15(6-4-13)19-12-30-21-18(11-28-30)22(31)26-8-14(2)32-23-16(7-17(24)10-27-23)9-25-20(19)29-21/h3-7,10-12,14H,8-9H2,1-2H3,(H,25,29)(H,26,31). The van der Waals surface area contributed by atoms with Crippen LogP contribution in [0.15, 0.2) is 48.9 Å². The third-order valence-electron chi connectivity index (χ3n) is 5.30.